The smallest absolute Gasteiger partial charge is 0.144 e. The van der Waals surface area contributed by atoms with E-state index in [1.54, 1.807) is 6.07 Å². The third kappa shape index (κ3) is 4.64. The van der Waals surface area contributed by atoms with Crippen molar-refractivity contribution in [1.29, 1.82) is 0 Å². The lowest BCUT2D eigenvalue weighted by atomic mass is 10.1. The maximum Gasteiger partial charge on any atom is 0.144 e. The van der Waals surface area contributed by atoms with E-state index < -0.39 is 20.3 Å². The molecule has 1 rings (SSSR count). The molecule has 17 heavy (non-hydrogen) atoms. The minimum atomic E-state index is -1.52. The van der Waals surface area contributed by atoms with Crippen molar-refractivity contribution in [3.8, 4) is 11.5 Å². The zero-order valence-electron chi connectivity index (χ0n) is 10.2. The van der Waals surface area contributed by atoms with Gasteiger partial charge in [0, 0.05) is 4.47 Å². The molecule has 2 atom stereocenters. The topological polar surface area (TPSA) is 40.5 Å². The van der Waals surface area contributed by atoms with Gasteiger partial charge in [0.2, 0.25) is 0 Å². The van der Waals surface area contributed by atoms with E-state index in [4.69, 9.17) is 0 Å². The van der Waals surface area contributed by atoms with Crippen molar-refractivity contribution in [2.75, 3.05) is 0 Å². The Balaban J connectivity index is 2.87. The molecule has 0 aromatic heterocycles. The van der Waals surface area contributed by atoms with Gasteiger partial charge in [0.15, 0.2) is 0 Å². The molecule has 0 aliphatic rings. The summed E-state index contributed by atoms with van der Waals surface area (Å²) in [7, 11) is -1.52. The molecule has 92 valence electrons. The van der Waals surface area contributed by atoms with E-state index >= 15 is 0 Å². The molecule has 1 aromatic rings. The third-order valence-corrected chi connectivity index (χ3v) is 3.73. The predicted molar refractivity (Wildman–Crippen MR) is 76.2 cm³/mol. The zero-order valence-corrected chi connectivity index (χ0v) is 12.8. The van der Waals surface area contributed by atoms with Gasteiger partial charge in [-0.3, -0.25) is 0 Å². The minimum absolute atomic E-state index is 0.657. The Morgan fingerprint density at radius 2 is 1.76 bits per heavy atom. The first-order chi connectivity index (χ1) is 7.81. The Bertz CT molecular complexity index is 443. The molecule has 0 bridgehead atoms. The van der Waals surface area contributed by atoms with Gasteiger partial charge in [-0.1, -0.05) is 59.7 Å². The zero-order chi connectivity index (χ0) is 13.1. The molecule has 0 saturated heterocycles. The Labute approximate surface area is 112 Å². The summed E-state index contributed by atoms with van der Waals surface area (Å²) in [6, 6.07) is 7.29. The average molecular weight is 313 g/mol. The molecule has 1 aromatic carbocycles. The molecule has 0 aliphatic carbocycles. The highest BCUT2D eigenvalue weighted by atomic mass is 79.9. The molecule has 0 radical (unpaired) electrons. The van der Waals surface area contributed by atoms with Crippen LogP contribution < -0.4 is 0 Å². The van der Waals surface area contributed by atoms with Gasteiger partial charge in [-0.05, 0) is 11.6 Å². The van der Waals surface area contributed by atoms with E-state index in [1.165, 1.54) is 0 Å². The van der Waals surface area contributed by atoms with E-state index in [9.17, 15) is 10.2 Å². The molecule has 0 heterocycles. The Hall–Kier alpha value is -0.603. The highest BCUT2D eigenvalue weighted by Crippen LogP contribution is 2.25. The summed E-state index contributed by atoms with van der Waals surface area (Å²) in [5.41, 5.74) is 3.71. The number of aliphatic hydroxyl groups excluding tert-OH is 2. The molecule has 4 heteroatoms. The molecule has 0 fully saturated rings. The van der Waals surface area contributed by atoms with Crippen LogP contribution in [0.5, 0.6) is 0 Å². The van der Waals surface area contributed by atoms with E-state index in [1.807, 2.05) is 18.2 Å². The predicted octanol–water partition coefficient (Wildman–Crippen LogP) is 2.72. The fourth-order valence-electron chi connectivity index (χ4n) is 1.25. The standard InChI is InChI=1S/C13H17BrO2Si/c1-17(2,3)9-8-12(15)13(16)10-6-4-5-7-11(10)14/h4-7,12-13,15-16H,1-3H3/t12-,13-/m1/s1. The molecule has 0 amide bonds. The molecule has 0 unspecified atom stereocenters. The largest absolute Gasteiger partial charge is 0.385 e. The first-order valence-corrected chi connectivity index (χ1v) is 9.74. The second-order valence-electron chi connectivity index (χ2n) is 4.93. The lowest BCUT2D eigenvalue weighted by molar-refractivity contribution is 0.0536. The van der Waals surface area contributed by atoms with Crippen LogP contribution in [0, 0.1) is 11.5 Å². The normalized spacial score (nSPS) is 14.7. The van der Waals surface area contributed by atoms with Gasteiger partial charge >= 0.3 is 0 Å². The molecule has 0 saturated carbocycles. The van der Waals surface area contributed by atoms with Crippen LogP contribution in [0.4, 0.5) is 0 Å². The number of halogens is 1. The van der Waals surface area contributed by atoms with Gasteiger partial charge in [0.25, 0.3) is 0 Å². The van der Waals surface area contributed by atoms with Crippen molar-refractivity contribution in [3.05, 3.63) is 34.3 Å². The number of hydrogen-bond donors (Lipinski definition) is 2. The molecular formula is C13H17BrO2Si. The van der Waals surface area contributed by atoms with Crippen molar-refractivity contribution in [3.63, 3.8) is 0 Å². The van der Waals surface area contributed by atoms with Crippen molar-refractivity contribution < 1.29 is 10.2 Å². The summed E-state index contributed by atoms with van der Waals surface area (Å²) in [5.74, 6) is 2.74. The number of benzene rings is 1. The first-order valence-electron chi connectivity index (χ1n) is 5.44. The second-order valence-corrected chi connectivity index (χ2v) is 10.5. The monoisotopic (exact) mass is 312 g/mol. The fraction of sp³-hybridized carbons (Fsp3) is 0.385. The summed E-state index contributed by atoms with van der Waals surface area (Å²) in [6.07, 6.45) is -2.02. The van der Waals surface area contributed by atoms with Gasteiger partial charge in [-0.25, -0.2) is 0 Å². The summed E-state index contributed by atoms with van der Waals surface area (Å²) in [4.78, 5) is 0. The van der Waals surface area contributed by atoms with Gasteiger partial charge in [-0.2, -0.15) is 0 Å². The van der Waals surface area contributed by atoms with Crippen LogP contribution in [-0.4, -0.2) is 24.4 Å². The molecule has 0 spiro atoms. The second kappa shape index (κ2) is 5.83. The SMILES string of the molecule is C[Si](C)(C)C#C[C@@H](O)[C@H](O)c1ccccc1Br. The van der Waals surface area contributed by atoms with Crippen LogP contribution in [0.25, 0.3) is 0 Å². The van der Waals surface area contributed by atoms with Crippen LogP contribution >= 0.6 is 15.9 Å². The minimum Gasteiger partial charge on any atom is -0.385 e. The van der Waals surface area contributed by atoms with Crippen molar-refractivity contribution in [1.82, 2.24) is 0 Å². The Morgan fingerprint density at radius 3 is 2.29 bits per heavy atom. The summed E-state index contributed by atoms with van der Waals surface area (Å²) >= 11 is 3.35. The molecule has 0 aliphatic heterocycles. The maximum atomic E-state index is 10.00. The quantitative estimate of drug-likeness (QED) is 0.651. The number of aliphatic hydroxyl groups is 2. The molecular weight excluding hydrogens is 296 g/mol. The fourth-order valence-corrected chi connectivity index (χ4v) is 2.35. The highest BCUT2D eigenvalue weighted by Gasteiger charge is 2.19. The van der Waals surface area contributed by atoms with Crippen molar-refractivity contribution in [2.24, 2.45) is 0 Å². The van der Waals surface area contributed by atoms with Crippen LogP contribution in [0.3, 0.4) is 0 Å². The Kier molecular flexibility index (Phi) is 4.96. The van der Waals surface area contributed by atoms with Crippen molar-refractivity contribution in [2.45, 2.75) is 31.8 Å². The molecule has 2 nitrogen and oxygen atoms in total. The lowest BCUT2D eigenvalue weighted by Crippen LogP contribution is -2.21. The van der Waals surface area contributed by atoms with Gasteiger partial charge in [0.1, 0.15) is 20.3 Å². The van der Waals surface area contributed by atoms with Crippen LogP contribution in [0.15, 0.2) is 28.7 Å². The van der Waals surface area contributed by atoms with E-state index in [-0.39, 0.29) is 0 Å². The van der Waals surface area contributed by atoms with E-state index in [2.05, 4.69) is 47.0 Å². The number of rotatable bonds is 2. The van der Waals surface area contributed by atoms with E-state index in [0.29, 0.717) is 5.56 Å². The first kappa shape index (κ1) is 14.5. The molecule has 2 N–H and O–H groups in total. The van der Waals surface area contributed by atoms with E-state index in [0.717, 1.165) is 4.47 Å². The van der Waals surface area contributed by atoms with Gasteiger partial charge < -0.3 is 10.2 Å². The average Bonchev–Trinajstić information content (AvgIpc) is 2.24. The highest BCUT2D eigenvalue weighted by molar-refractivity contribution is 9.10. The summed E-state index contributed by atoms with van der Waals surface area (Å²) < 4.78 is 0.779. The Morgan fingerprint density at radius 1 is 1.18 bits per heavy atom. The van der Waals surface area contributed by atoms with Crippen LogP contribution in [0.2, 0.25) is 19.6 Å². The number of hydrogen-bond acceptors (Lipinski definition) is 2. The summed E-state index contributed by atoms with van der Waals surface area (Å²) in [5, 5.41) is 19.8. The summed E-state index contributed by atoms with van der Waals surface area (Å²) in [6.45, 7) is 6.28. The van der Waals surface area contributed by atoms with Crippen LogP contribution in [0.1, 0.15) is 11.7 Å². The van der Waals surface area contributed by atoms with Gasteiger partial charge in [-0.15, -0.1) is 5.54 Å². The third-order valence-electron chi connectivity index (χ3n) is 2.12. The van der Waals surface area contributed by atoms with Crippen molar-refractivity contribution >= 4 is 24.0 Å². The van der Waals surface area contributed by atoms with Crippen LogP contribution in [-0.2, 0) is 0 Å². The maximum absolute atomic E-state index is 10.00. The van der Waals surface area contributed by atoms with Gasteiger partial charge in [0.05, 0.1) is 0 Å². The lowest BCUT2D eigenvalue weighted by Gasteiger charge is -2.15.